The number of amides is 1. The minimum absolute atomic E-state index is 0.00115. The standard InChI is InChI=1S/C28H30N6O6S/c1-28(2,3)40-27(37)33(19-26(35)36)25-9-4-8-23(31-25)24(32-41(38,39)22-7-5-14-29-18-22)17-20-10-12-21(13-11-20)34-16-6-15-30-34/h4-16,18,24,32H,17,19H2,1-3H3,(H,35,36). The smallest absolute Gasteiger partial charge is 0.416 e. The van der Waals surface area contributed by atoms with Crippen LogP contribution in [-0.4, -0.2) is 57.5 Å². The first kappa shape index (κ1) is 29.4. The van der Waals surface area contributed by atoms with Crippen LogP contribution in [0.5, 0.6) is 0 Å². The number of carbonyl (C=O) groups is 2. The molecule has 0 aliphatic rings. The highest BCUT2D eigenvalue weighted by atomic mass is 32.2. The minimum atomic E-state index is -4.03. The fourth-order valence-electron chi connectivity index (χ4n) is 3.89. The normalized spacial score (nSPS) is 12.5. The molecule has 1 aromatic carbocycles. The molecule has 0 saturated carbocycles. The number of carboxylic acid groups (broad SMARTS) is 1. The van der Waals surface area contributed by atoms with E-state index in [0.717, 1.165) is 16.2 Å². The number of carboxylic acids is 1. The number of hydrogen-bond donors (Lipinski definition) is 2. The molecule has 3 aromatic heterocycles. The Balaban J connectivity index is 1.70. The number of sulfonamides is 1. The van der Waals surface area contributed by atoms with Crippen molar-refractivity contribution in [3.63, 3.8) is 0 Å². The molecule has 1 amide bonds. The van der Waals surface area contributed by atoms with Crippen molar-refractivity contribution >= 4 is 27.9 Å². The van der Waals surface area contributed by atoms with Crippen molar-refractivity contribution in [1.82, 2.24) is 24.5 Å². The lowest BCUT2D eigenvalue weighted by atomic mass is 10.0. The SMILES string of the molecule is CC(C)(C)OC(=O)N(CC(=O)O)c1cccc(C(Cc2ccc(-n3cccn3)cc2)NS(=O)(=O)c2cccnc2)n1. The molecule has 1 unspecified atom stereocenters. The molecule has 12 nitrogen and oxygen atoms in total. The monoisotopic (exact) mass is 578 g/mol. The van der Waals surface area contributed by atoms with E-state index < -0.39 is 40.3 Å². The maximum Gasteiger partial charge on any atom is 0.416 e. The third kappa shape index (κ3) is 7.96. The van der Waals surface area contributed by atoms with E-state index in [1.807, 2.05) is 30.5 Å². The number of aromatic nitrogens is 4. The number of rotatable bonds is 10. The van der Waals surface area contributed by atoms with Crippen LogP contribution < -0.4 is 9.62 Å². The number of hydrogen-bond acceptors (Lipinski definition) is 8. The van der Waals surface area contributed by atoms with E-state index in [1.54, 1.807) is 49.8 Å². The molecule has 4 aromatic rings. The largest absolute Gasteiger partial charge is 0.480 e. The summed E-state index contributed by atoms with van der Waals surface area (Å²) in [5, 5.41) is 13.7. The molecule has 0 saturated heterocycles. The maximum atomic E-state index is 13.3. The molecule has 214 valence electrons. The van der Waals surface area contributed by atoms with Gasteiger partial charge >= 0.3 is 12.1 Å². The average molecular weight is 579 g/mol. The van der Waals surface area contributed by atoms with Crippen molar-refractivity contribution in [2.75, 3.05) is 11.4 Å². The van der Waals surface area contributed by atoms with Gasteiger partial charge in [-0.2, -0.15) is 5.10 Å². The molecule has 0 radical (unpaired) electrons. The van der Waals surface area contributed by atoms with Gasteiger partial charge in [0.2, 0.25) is 10.0 Å². The Kier molecular flexibility index (Phi) is 8.79. The Bertz CT molecular complexity index is 1590. The lowest BCUT2D eigenvalue weighted by Gasteiger charge is -2.26. The second-order valence-electron chi connectivity index (χ2n) is 10.1. The summed E-state index contributed by atoms with van der Waals surface area (Å²) < 4.78 is 36.4. The summed E-state index contributed by atoms with van der Waals surface area (Å²) in [4.78, 5) is 33.8. The van der Waals surface area contributed by atoms with Crippen LogP contribution in [0.2, 0.25) is 0 Å². The molecule has 41 heavy (non-hydrogen) atoms. The zero-order valence-electron chi connectivity index (χ0n) is 22.7. The van der Waals surface area contributed by atoms with Gasteiger partial charge in [-0.15, -0.1) is 0 Å². The summed E-state index contributed by atoms with van der Waals surface area (Å²) in [5.74, 6) is -1.27. The molecule has 2 N–H and O–H groups in total. The van der Waals surface area contributed by atoms with Gasteiger partial charge in [-0.3, -0.25) is 14.7 Å². The van der Waals surface area contributed by atoms with Gasteiger partial charge < -0.3 is 9.84 Å². The van der Waals surface area contributed by atoms with Gasteiger partial charge in [-0.05, 0) is 75.2 Å². The minimum Gasteiger partial charge on any atom is -0.480 e. The second-order valence-corrected chi connectivity index (χ2v) is 11.8. The van der Waals surface area contributed by atoms with Gasteiger partial charge in [-0.1, -0.05) is 18.2 Å². The average Bonchev–Trinajstić information content (AvgIpc) is 3.46. The Morgan fingerprint density at radius 1 is 1.05 bits per heavy atom. The van der Waals surface area contributed by atoms with Gasteiger partial charge in [0.15, 0.2) is 0 Å². The van der Waals surface area contributed by atoms with E-state index in [4.69, 9.17) is 4.74 Å². The van der Waals surface area contributed by atoms with E-state index >= 15 is 0 Å². The van der Waals surface area contributed by atoms with Crippen LogP contribution in [0.15, 0.2) is 90.3 Å². The molecule has 0 aliphatic heterocycles. The maximum absolute atomic E-state index is 13.3. The fourth-order valence-corrected chi connectivity index (χ4v) is 5.06. The van der Waals surface area contributed by atoms with Crippen molar-refractivity contribution in [1.29, 1.82) is 0 Å². The molecule has 0 aliphatic carbocycles. The van der Waals surface area contributed by atoms with Crippen LogP contribution in [0.1, 0.15) is 38.1 Å². The van der Waals surface area contributed by atoms with Crippen LogP contribution in [0, 0.1) is 0 Å². The number of carbonyl (C=O) groups excluding carboxylic acids is 1. The van der Waals surface area contributed by atoms with Crippen molar-refractivity contribution in [2.24, 2.45) is 0 Å². The molecule has 0 bridgehead atoms. The number of aliphatic carboxylic acids is 1. The Labute approximate surface area is 237 Å². The van der Waals surface area contributed by atoms with Crippen LogP contribution in [0.3, 0.4) is 0 Å². The Hall–Kier alpha value is -4.62. The van der Waals surface area contributed by atoms with Gasteiger partial charge in [0.1, 0.15) is 22.9 Å². The predicted molar refractivity (Wildman–Crippen MR) is 150 cm³/mol. The predicted octanol–water partition coefficient (Wildman–Crippen LogP) is 3.75. The van der Waals surface area contributed by atoms with Crippen molar-refractivity contribution in [3.8, 4) is 5.69 Å². The molecule has 1 atom stereocenters. The topological polar surface area (TPSA) is 157 Å². The Morgan fingerprint density at radius 3 is 2.41 bits per heavy atom. The van der Waals surface area contributed by atoms with Crippen LogP contribution in [0.25, 0.3) is 5.69 Å². The van der Waals surface area contributed by atoms with E-state index in [2.05, 4.69) is 19.8 Å². The highest BCUT2D eigenvalue weighted by molar-refractivity contribution is 7.89. The highest BCUT2D eigenvalue weighted by Gasteiger charge is 2.28. The van der Waals surface area contributed by atoms with Gasteiger partial charge in [0, 0.05) is 24.8 Å². The molecule has 13 heteroatoms. The van der Waals surface area contributed by atoms with Crippen LogP contribution in [-0.2, 0) is 26.0 Å². The first-order chi connectivity index (χ1) is 19.4. The summed E-state index contributed by atoms with van der Waals surface area (Å²) in [6.45, 7) is 4.28. The molecule has 4 rings (SSSR count). The van der Waals surface area contributed by atoms with Gasteiger partial charge in [0.05, 0.1) is 17.4 Å². The van der Waals surface area contributed by atoms with Gasteiger partial charge in [0.25, 0.3) is 0 Å². The first-order valence-corrected chi connectivity index (χ1v) is 14.1. The van der Waals surface area contributed by atoms with Gasteiger partial charge in [-0.25, -0.2) is 27.6 Å². The molecule has 0 fully saturated rings. The second kappa shape index (κ2) is 12.3. The summed E-state index contributed by atoms with van der Waals surface area (Å²) in [6.07, 6.45) is 5.48. The molecular weight excluding hydrogens is 548 g/mol. The summed E-state index contributed by atoms with van der Waals surface area (Å²) in [5.41, 5.74) is 1.01. The molecular formula is C28H30N6O6S. The van der Waals surface area contributed by atoms with Crippen LogP contribution in [0.4, 0.5) is 10.6 Å². The van der Waals surface area contributed by atoms with E-state index in [1.165, 1.54) is 30.6 Å². The van der Waals surface area contributed by atoms with Crippen molar-refractivity contribution < 1.29 is 27.9 Å². The highest BCUT2D eigenvalue weighted by Crippen LogP contribution is 2.24. The number of ether oxygens (including phenoxy) is 1. The summed E-state index contributed by atoms with van der Waals surface area (Å²) in [7, 11) is -4.03. The third-order valence-corrected chi connectivity index (χ3v) is 7.14. The number of nitrogens with zero attached hydrogens (tertiary/aromatic N) is 5. The van der Waals surface area contributed by atoms with Crippen molar-refractivity contribution in [3.05, 3.63) is 96.7 Å². The summed E-state index contributed by atoms with van der Waals surface area (Å²) in [6, 6.07) is 15.9. The van der Waals surface area contributed by atoms with Crippen molar-refractivity contribution in [2.45, 2.75) is 43.7 Å². The Morgan fingerprint density at radius 2 is 1.80 bits per heavy atom. The van der Waals surface area contributed by atoms with E-state index in [9.17, 15) is 23.1 Å². The number of benzene rings is 1. The lowest BCUT2D eigenvalue weighted by molar-refractivity contribution is -0.135. The van der Waals surface area contributed by atoms with E-state index in [0.29, 0.717) is 0 Å². The fraction of sp³-hybridized carbons (Fsp3) is 0.250. The van der Waals surface area contributed by atoms with Crippen LogP contribution >= 0.6 is 0 Å². The van der Waals surface area contributed by atoms with E-state index in [-0.39, 0.29) is 22.8 Å². The quantitative estimate of drug-likeness (QED) is 0.286. The number of anilines is 1. The lowest BCUT2D eigenvalue weighted by Crippen LogP contribution is -2.40. The number of nitrogens with one attached hydrogen (secondary N) is 1. The molecule has 0 spiro atoms. The summed E-state index contributed by atoms with van der Waals surface area (Å²) >= 11 is 0. The number of pyridine rings is 2. The zero-order chi connectivity index (χ0) is 29.6. The molecule has 3 heterocycles. The zero-order valence-corrected chi connectivity index (χ0v) is 23.5. The first-order valence-electron chi connectivity index (χ1n) is 12.6. The third-order valence-electron chi connectivity index (χ3n) is 5.68.